The summed E-state index contributed by atoms with van der Waals surface area (Å²) in [5, 5.41) is 2.64. The molecule has 1 unspecified atom stereocenters. The number of hydrogen-bond donors (Lipinski definition) is 2. The molecule has 0 bridgehead atoms. The van der Waals surface area contributed by atoms with Gasteiger partial charge in [-0.2, -0.15) is 0 Å². The van der Waals surface area contributed by atoms with E-state index in [0.717, 1.165) is 25.1 Å². The highest BCUT2D eigenvalue weighted by Gasteiger charge is 2.17. The molecule has 0 radical (unpaired) electrons. The van der Waals surface area contributed by atoms with Gasteiger partial charge in [-0.3, -0.25) is 9.79 Å². The molecule has 1 aliphatic rings. The van der Waals surface area contributed by atoms with Crippen LogP contribution in [0.3, 0.4) is 0 Å². The lowest BCUT2D eigenvalue weighted by Crippen LogP contribution is -2.43. The van der Waals surface area contributed by atoms with Crippen molar-refractivity contribution in [1.82, 2.24) is 10.2 Å². The van der Waals surface area contributed by atoms with Gasteiger partial charge < -0.3 is 16.0 Å². The number of guanidine groups is 1. The summed E-state index contributed by atoms with van der Waals surface area (Å²) in [5.74, 6) is 1.27. The van der Waals surface area contributed by atoms with Gasteiger partial charge in [0.15, 0.2) is 5.96 Å². The quantitative estimate of drug-likeness (QED) is 0.656. The average molecular weight is 302 g/mol. The highest BCUT2D eigenvalue weighted by Crippen LogP contribution is 2.15. The van der Waals surface area contributed by atoms with Crippen LogP contribution in [0.5, 0.6) is 0 Å². The number of piperidine rings is 1. The van der Waals surface area contributed by atoms with Crippen molar-refractivity contribution in [3.63, 3.8) is 0 Å². The van der Waals surface area contributed by atoms with E-state index in [0.29, 0.717) is 24.0 Å². The largest absolute Gasteiger partial charge is 0.370 e. The minimum absolute atomic E-state index is 0.0628. The minimum Gasteiger partial charge on any atom is -0.370 e. The molecule has 0 aliphatic carbocycles. The van der Waals surface area contributed by atoms with Crippen LogP contribution in [0.4, 0.5) is 0 Å². The first kappa shape index (κ1) is 16.3. The maximum Gasteiger partial charge on any atom is 0.251 e. The second-order valence-electron chi connectivity index (χ2n) is 5.96. The van der Waals surface area contributed by atoms with Gasteiger partial charge in [-0.05, 0) is 42.9 Å². The van der Waals surface area contributed by atoms with Gasteiger partial charge >= 0.3 is 0 Å². The molecule has 1 atom stereocenters. The number of rotatable bonds is 4. The summed E-state index contributed by atoms with van der Waals surface area (Å²) in [6.07, 6.45) is 3.25. The van der Waals surface area contributed by atoms with E-state index in [9.17, 15) is 4.79 Å². The summed E-state index contributed by atoms with van der Waals surface area (Å²) in [5.41, 5.74) is 7.87. The number of nitrogens with one attached hydrogen (secondary N) is 1. The molecule has 1 saturated heterocycles. The van der Waals surface area contributed by atoms with Gasteiger partial charge in [-0.15, -0.1) is 0 Å². The third-order valence-electron chi connectivity index (χ3n) is 4.07. The molecule has 1 aliphatic heterocycles. The van der Waals surface area contributed by atoms with Crippen molar-refractivity contribution in [3.8, 4) is 0 Å². The second-order valence-corrected chi connectivity index (χ2v) is 5.96. The first-order valence-electron chi connectivity index (χ1n) is 7.96. The summed E-state index contributed by atoms with van der Waals surface area (Å²) in [6, 6.07) is 7.64. The number of carbonyl (C=O) groups excluding carboxylic acids is 1. The van der Waals surface area contributed by atoms with Gasteiger partial charge in [0.1, 0.15) is 0 Å². The van der Waals surface area contributed by atoms with E-state index in [2.05, 4.69) is 22.1 Å². The average Bonchev–Trinajstić information content (AvgIpc) is 2.54. The Morgan fingerprint density at radius 3 is 3.05 bits per heavy atom. The zero-order valence-corrected chi connectivity index (χ0v) is 13.5. The molecule has 120 valence electrons. The van der Waals surface area contributed by atoms with Crippen LogP contribution in [-0.4, -0.2) is 43.4 Å². The zero-order valence-electron chi connectivity index (χ0n) is 13.5. The SMILES string of the molecule is CNC(=O)c1cccc(CCN=C(N)N2CCCC(C)C2)c1. The summed E-state index contributed by atoms with van der Waals surface area (Å²) < 4.78 is 0. The maximum absolute atomic E-state index is 11.6. The molecule has 0 aromatic heterocycles. The molecule has 1 fully saturated rings. The van der Waals surface area contributed by atoms with Crippen molar-refractivity contribution in [1.29, 1.82) is 0 Å². The van der Waals surface area contributed by atoms with Crippen LogP contribution >= 0.6 is 0 Å². The Morgan fingerprint density at radius 1 is 1.50 bits per heavy atom. The fourth-order valence-corrected chi connectivity index (χ4v) is 2.81. The number of carbonyl (C=O) groups is 1. The van der Waals surface area contributed by atoms with Gasteiger partial charge in [-0.1, -0.05) is 19.1 Å². The maximum atomic E-state index is 11.6. The number of amides is 1. The number of aliphatic imine (C=N–C) groups is 1. The van der Waals surface area contributed by atoms with Crippen molar-refractivity contribution in [2.75, 3.05) is 26.7 Å². The van der Waals surface area contributed by atoms with Crippen molar-refractivity contribution < 1.29 is 4.79 Å². The molecular weight excluding hydrogens is 276 g/mol. The zero-order chi connectivity index (χ0) is 15.9. The van der Waals surface area contributed by atoms with Crippen molar-refractivity contribution in [2.45, 2.75) is 26.2 Å². The van der Waals surface area contributed by atoms with E-state index in [-0.39, 0.29) is 5.91 Å². The molecule has 1 aromatic carbocycles. The van der Waals surface area contributed by atoms with E-state index in [1.807, 2.05) is 24.3 Å². The number of hydrogen-bond acceptors (Lipinski definition) is 2. The van der Waals surface area contributed by atoms with Crippen LogP contribution in [0.15, 0.2) is 29.3 Å². The summed E-state index contributed by atoms with van der Waals surface area (Å²) in [4.78, 5) is 18.3. The van der Waals surface area contributed by atoms with Crippen LogP contribution in [0, 0.1) is 5.92 Å². The Morgan fingerprint density at radius 2 is 2.32 bits per heavy atom. The lowest BCUT2D eigenvalue weighted by atomic mass is 10.0. The molecule has 1 aromatic rings. The van der Waals surface area contributed by atoms with Gasteiger partial charge in [-0.25, -0.2) is 0 Å². The smallest absolute Gasteiger partial charge is 0.251 e. The molecule has 2 rings (SSSR count). The number of benzene rings is 1. The normalized spacial score (nSPS) is 19.1. The Labute approximate surface area is 132 Å². The van der Waals surface area contributed by atoms with Crippen LogP contribution in [0.25, 0.3) is 0 Å². The van der Waals surface area contributed by atoms with E-state index in [1.165, 1.54) is 12.8 Å². The molecule has 5 nitrogen and oxygen atoms in total. The van der Waals surface area contributed by atoms with Crippen molar-refractivity contribution in [2.24, 2.45) is 16.6 Å². The number of nitrogens with zero attached hydrogens (tertiary/aromatic N) is 2. The Balaban J connectivity index is 1.89. The van der Waals surface area contributed by atoms with Crippen LogP contribution < -0.4 is 11.1 Å². The molecule has 0 saturated carbocycles. The summed E-state index contributed by atoms with van der Waals surface area (Å²) >= 11 is 0. The molecule has 1 heterocycles. The predicted molar refractivity (Wildman–Crippen MR) is 90.0 cm³/mol. The van der Waals surface area contributed by atoms with Crippen molar-refractivity contribution in [3.05, 3.63) is 35.4 Å². The van der Waals surface area contributed by atoms with E-state index >= 15 is 0 Å². The first-order chi connectivity index (χ1) is 10.6. The van der Waals surface area contributed by atoms with Crippen molar-refractivity contribution >= 4 is 11.9 Å². The molecular formula is C17H26N4O. The monoisotopic (exact) mass is 302 g/mol. The standard InChI is InChI=1S/C17H26N4O/c1-13-5-4-10-21(12-13)17(18)20-9-8-14-6-3-7-15(11-14)16(22)19-2/h3,6-7,11,13H,4-5,8-10,12H2,1-2H3,(H2,18,20)(H,19,22). The highest BCUT2D eigenvalue weighted by molar-refractivity contribution is 5.94. The molecule has 5 heteroatoms. The van der Waals surface area contributed by atoms with Crippen LogP contribution in [-0.2, 0) is 6.42 Å². The van der Waals surface area contributed by atoms with Gasteiger partial charge in [0.2, 0.25) is 0 Å². The van der Waals surface area contributed by atoms with E-state index in [4.69, 9.17) is 5.73 Å². The molecule has 0 spiro atoms. The highest BCUT2D eigenvalue weighted by atomic mass is 16.1. The first-order valence-corrected chi connectivity index (χ1v) is 7.96. The van der Waals surface area contributed by atoms with E-state index in [1.54, 1.807) is 7.05 Å². The molecule has 3 N–H and O–H groups in total. The third kappa shape index (κ3) is 4.48. The topological polar surface area (TPSA) is 70.7 Å². The van der Waals surface area contributed by atoms with E-state index < -0.39 is 0 Å². The number of likely N-dealkylation sites (tertiary alicyclic amines) is 1. The Hall–Kier alpha value is -2.04. The fourth-order valence-electron chi connectivity index (χ4n) is 2.81. The van der Waals surface area contributed by atoms with Gasteiger partial charge in [0, 0.05) is 32.2 Å². The molecule has 1 amide bonds. The van der Waals surface area contributed by atoms with Gasteiger partial charge in [0.05, 0.1) is 0 Å². The Kier molecular flexibility index (Phi) is 5.81. The minimum atomic E-state index is -0.0628. The predicted octanol–water partition coefficient (Wildman–Crippen LogP) is 1.64. The van der Waals surface area contributed by atoms with Crippen LogP contribution in [0.2, 0.25) is 0 Å². The summed E-state index contributed by atoms with van der Waals surface area (Å²) in [7, 11) is 1.64. The lowest BCUT2D eigenvalue weighted by Gasteiger charge is -2.31. The molecule has 22 heavy (non-hydrogen) atoms. The van der Waals surface area contributed by atoms with Gasteiger partial charge in [0.25, 0.3) is 5.91 Å². The van der Waals surface area contributed by atoms with Crippen LogP contribution in [0.1, 0.15) is 35.7 Å². The summed E-state index contributed by atoms with van der Waals surface area (Å²) in [6.45, 7) is 4.91. The second kappa shape index (κ2) is 7.82. The fraction of sp³-hybridized carbons (Fsp3) is 0.529. The third-order valence-corrected chi connectivity index (χ3v) is 4.07. The lowest BCUT2D eigenvalue weighted by molar-refractivity contribution is 0.0963. The number of nitrogens with two attached hydrogens (primary N) is 1. The Bertz CT molecular complexity index is 541.